The van der Waals surface area contributed by atoms with Gasteiger partial charge in [-0.1, -0.05) is 26.2 Å². The topological polar surface area (TPSA) is 61.9 Å². The van der Waals surface area contributed by atoms with Gasteiger partial charge in [0.15, 0.2) is 0 Å². The molecule has 0 radical (unpaired) electrons. The number of thioether (sulfide) groups is 1. The van der Waals surface area contributed by atoms with E-state index in [0.717, 1.165) is 75.1 Å². The summed E-state index contributed by atoms with van der Waals surface area (Å²) >= 11 is 1.66. The highest BCUT2D eigenvalue weighted by Gasteiger charge is 2.20. The summed E-state index contributed by atoms with van der Waals surface area (Å²) in [5.74, 6) is 0.848. The molecule has 1 aromatic carbocycles. The molecule has 3 rings (SSSR count). The Morgan fingerprint density at radius 2 is 2.03 bits per heavy atom. The minimum absolute atomic E-state index is 0.0181. The number of amides is 2. The molecule has 0 aliphatic carbocycles. The van der Waals surface area contributed by atoms with E-state index in [1.165, 1.54) is 12.8 Å². The van der Waals surface area contributed by atoms with Crippen molar-refractivity contribution in [1.29, 1.82) is 0 Å². The third-order valence-electron chi connectivity index (χ3n) is 5.45. The van der Waals surface area contributed by atoms with Crippen molar-refractivity contribution in [3.05, 3.63) is 23.8 Å². The summed E-state index contributed by atoms with van der Waals surface area (Å²) in [5, 5.41) is 2.95. The van der Waals surface area contributed by atoms with Gasteiger partial charge in [0.05, 0.1) is 18.9 Å². The maximum absolute atomic E-state index is 13.3. The molecule has 1 fully saturated rings. The number of ether oxygens (including phenoxy) is 1. The van der Waals surface area contributed by atoms with Gasteiger partial charge in [-0.15, -0.1) is 11.8 Å². The lowest BCUT2D eigenvalue weighted by Crippen LogP contribution is -2.43. The highest BCUT2D eigenvalue weighted by molar-refractivity contribution is 7.99. The molecule has 0 bridgehead atoms. The Morgan fingerprint density at radius 1 is 1.21 bits per heavy atom. The number of anilines is 1. The zero-order chi connectivity index (χ0) is 20.5. The molecule has 29 heavy (non-hydrogen) atoms. The van der Waals surface area contributed by atoms with E-state index in [0.29, 0.717) is 12.0 Å². The van der Waals surface area contributed by atoms with Crippen molar-refractivity contribution in [3.8, 4) is 0 Å². The number of nitrogens with zero attached hydrogens (tertiary/aromatic N) is 2. The average molecular weight is 420 g/mol. The first-order valence-electron chi connectivity index (χ1n) is 10.8. The third-order valence-corrected chi connectivity index (χ3v) is 6.52. The van der Waals surface area contributed by atoms with Crippen LogP contribution in [0.1, 0.15) is 49.4 Å². The van der Waals surface area contributed by atoms with Crippen molar-refractivity contribution in [2.45, 2.75) is 43.9 Å². The normalized spacial score (nSPS) is 17.3. The van der Waals surface area contributed by atoms with Crippen LogP contribution in [0.25, 0.3) is 0 Å². The van der Waals surface area contributed by atoms with Crippen molar-refractivity contribution in [2.24, 2.45) is 0 Å². The van der Waals surface area contributed by atoms with Crippen LogP contribution >= 0.6 is 11.8 Å². The second kappa shape index (κ2) is 11.6. The minimum Gasteiger partial charge on any atom is -0.379 e. The molecular formula is C22H33N3O3S. The number of benzene rings is 1. The van der Waals surface area contributed by atoms with E-state index < -0.39 is 0 Å². The van der Waals surface area contributed by atoms with Gasteiger partial charge in [0.1, 0.15) is 0 Å². The largest absolute Gasteiger partial charge is 0.379 e. The standard InChI is InChI=1S/C22H33N3O3S/c1-2-3-4-5-9-25(11-10-24-12-14-28-15-13-24)22(27)18-6-7-20-19(17-18)23-21(26)8-16-29-20/h6-7,17H,2-5,8-16H2,1H3,(H,23,26). The molecule has 0 atom stereocenters. The summed E-state index contributed by atoms with van der Waals surface area (Å²) in [5.41, 5.74) is 1.42. The van der Waals surface area contributed by atoms with E-state index in [1.54, 1.807) is 11.8 Å². The molecule has 0 saturated carbocycles. The molecular weight excluding hydrogens is 386 g/mol. The summed E-state index contributed by atoms with van der Waals surface area (Å²) in [6.07, 6.45) is 5.07. The number of unbranched alkanes of at least 4 members (excludes halogenated alkanes) is 3. The summed E-state index contributed by atoms with van der Waals surface area (Å²) in [4.78, 5) is 30.6. The van der Waals surface area contributed by atoms with Gasteiger partial charge in [-0.3, -0.25) is 14.5 Å². The fourth-order valence-corrected chi connectivity index (χ4v) is 4.60. The van der Waals surface area contributed by atoms with E-state index in [9.17, 15) is 9.59 Å². The van der Waals surface area contributed by atoms with Crippen LogP contribution in [-0.4, -0.2) is 73.3 Å². The second-order valence-corrected chi connectivity index (χ2v) is 8.80. The zero-order valence-corrected chi connectivity index (χ0v) is 18.3. The maximum atomic E-state index is 13.3. The molecule has 0 spiro atoms. The van der Waals surface area contributed by atoms with Crippen molar-refractivity contribution in [1.82, 2.24) is 9.80 Å². The Kier molecular flexibility index (Phi) is 8.83. The summed E-state index contributed by atoms with van der Waals surface area (Å²) in [7, 11) is 0. The van der Waals surface area contributed by atoms with E-state index in [1.807, 2.05) is 23.1 Å². The van der Waals surface area contributed by atoms with Crippen molar-refractivity contribution in [2.75, 3.05) is 57.0 Å². The molecule has 1 N–H and O–H groups in total. The summed E-state index contributed by atoms with van der Waals surface area (Å²) in [6.45, 7) is 7.98. The fraction of sp³-hybridized carbons (Fsp3) is 0.636. The molecule has 2 amide bonds. The van der Waals surface area contributed by atoms with Gasteiger partial charge in [-0.2, -0.15) is 0 Å². The summed E-state index contributed by atoms with van der Waals surface area (Å²) < 4.78 is 5.43. The van der Waals surface area contributed by atoms with Crippen LogP contribution in [0, 0.1) is 0 Å². The van der Waals surface area contributed by atoms with Gasteiger partial charge >= 0.3 is 0 Å². The Balaban J connectivity index is 1.67. The highest BCUT2D eigenvalue weighted by Crippen LogP contribution is 2.31. The first-order valence-corrected chi connectivity index (χ1v) is 11.8. The minimum atomic E-state index is 0.0181. The lowest BCUT2D eigenvalue weighted by molar-refractivity contribution is -0.115. The first-order chi connectivity index (χ1) is 14.2. The molecule has 1 saturated heterocycles. The SMILES string of the molecule is CCCCCCN(CCN1CCOCC1)C(=O)c1ccc2c(c1)NC(=O)CCS2. The molecule has 0 aromatic heterocycles. The van der Waals surface area contributed by atoms with Gasteiger partial charge in [-0.05, 0) is 24.6 Å². The number of fused-ring (bicyclic) bond motifs is 1. The maximum Gasteiger partial charge on any atom is 0.253 e. The predicted octanol–water partition coefficient (Wildman–Crippen LogP) is 3.48. The number of carbonyl (C=O) groups excluding carboxylic acids is 2. The number of carbonyl (C=O) groups is 2. The lowest BCUT2D eigenvalue weighted by atomic mass is 10.1. The van der Waals surface area contributed by atoms with Gasteiger partial charge in [0.2, 0.25) is 5.91 Å². The predicted molar refractivity (Wildman–Crippen MR) is 118 cm³/mol. The Hall–Kier alpha value is -1.57. The summed E-state index contributed by atoms with van der Waals surface area (Å²) in [6, 6.07) is 5.72. The molecule has 2 aliphatic rings. The van der Waals surface area contributed by atoms with Gasteiger partial charge < -0.3 is 15.0 Å². The number of rotatable bonds is 9. The Morgan fingerprint density at radius 3 is 2.83 bits per heavy atom. The smallest absolute Gasteiger partial charge is 0.253 e. The Labute approximate surface area is 178 Å². The van der Waals surface area contributed by atoms with Gasteiger partial charge in [-0.25, -0.2) is 0 Å². The monoisotopic (exact) mass is 419 g/mol. The molecule has 2 aliphatic heterocycles. The number of hydrogen-bond donors (Lipinski definition) is 1. The number of morpholine rings is 1. The number of nitrogens with one attached hydrogen (secondary N) is 1. The van der Waals surface area contributed by atoms with Crippen molar-refractivity contribution >= 4 is 29.3 Å². The molecule has 1 aromatic rings. The van der Waals surface area contributed by atoms with Gasteiger partial charge in [0.25, 0.3) is 5.91 Å². The number of hydrogen-bond acceptors (Lipinski definition) is 5. The molecule has 2 heterocycles. The third kappa shape index (κ3) is 6.73. The van der Waals surface area contributed by atoms with E-state index in [2.05, 4.69) is 17.1 Å². The fourth-order valence-electron chi connectivity index (χ4n) is 3.67. The first kappa shape index (κ1) is 22.1. The van der Waals surface area contributed by atoms with E-state index >= 15 is 0 Å². The van der Waals surface area contributed by atoms with Crippen molar-refractivity contribution < 1.29 is 14.3 Å². The van der Waals surface area contributed by atoms with E-state index in [4.69, 9.17) is 4.74 Å². The quantitative estimate of drug-likeness (QED) is 0.621. The zero-order valence-electron chi connectivity index (χ0n) is 17.5. The molecule has 0 unspecified atom stereocenters. The lowest BCUT2D eigenvalue weighted by Gasteiger charge is -2.30. The van der Waals surface area contributed by atoms with Crippen LogP contribution in [0.3, 0.4) is 0 Å². The molecule has 6 nitrogen and oxygen atoms in total. The van der Waals surface area contributed by atoms with Crippen LogP contribution in [0.15, 0.2) is 23.1 Å². The van der Waals surface area contributed by atoms with Crippen LogP contribution in [0.2, 0.25) is 0 Å². The van der Waals surface area contributed by atoms with Crippen LogP contribution in [-0.2, 0) is 9.53 Å². The molecule has 160 valence electrons. The Bertz CT molecular complexity index is 692. The van der Waals surface area contributed by atoms with Crippen LogP contribution in [0.4, 0.5) is 5.69 Å². The van der Waals surface area contributed by atoms with Gasteiger partial charge in [0, 0.05) is 55.4 Å². The van der Waals surface area contributed by atoms with Crippen molar-refractivity contribution in [3.63, 3.8) is 0 Å². The van der Waals surface area contributed by atoms with Crippen LogP contribution < -0.4 is 5.32 Å². The second-order valence-electron chi connectivity index (χ2n) is 7.66. The highest BCUT2D eigenvalue weighted by atomic mass is 32.2. The van der Waals surface area contributed by atoms with E-state index in [-0.39, 0.29) is 11.8 Å². The average Bonchev–Trinajstić information content (AvgIpc) is 2.93. The van der Waals surface area contributed by atoms with Crippen LogP contribution in [0.5, 0.6) is 0 Å². The molecule has 7 heteroatoms.